The molecule has 1 aromatic carbocycles. The third-order valence-electron chi connectivity index (χ3n) is 2.12. The van der Waals surface area contributed by atoms with Gasteiger partial charge in [0.05, 0.1) is 5.02 Å². The molecule has 0 aliphatic rings. The highest BCUT2D eigenvalue weighted by molar-refractivity contribution is 7.21. The van der Waals surface area contributed by atoms with Gasteiger partial charge in [0.2, 0.25) is 0 Å². The summed E-state index contributed by atoms with van der Waals surface area (Å²) < 4.78 is 1.000. The van der Waals surface area contributed by atoms with Gasteiger partial charge in [-0.25, -0.2) is 5.43 Å². The quantitative estimate of drug-likeness (QED) is 0.654. The first kappa shape index (κ1) is 12.1. The molecule has 0 atom stereocenters. The van der Waals surface area contributed by atoms with Crippen LogP contribution in [0.15, 0.2) is 29.4 Å². The largest absolute Gasteiger partial charge is 0.283 e. The maximum absolute atomic E-state index is 11.8. The van der Waals surface area contributed by atoms with E-state index in [0.29, 0.717) is 9.90 Å². The Hall–Kier alpha value is -1.39. The molecule has 1 N–H and O–H groups in total. The van der Waals surface area contributed by atoms with Crippen LogP contribution in [0.3, 0.4) is 0 Å². The van der Waals surface area contributed by atoms with Crippen molar-refractivity contribution < 1.29 is 4.79 Å². The predicted molar refractivity (Wildman–Crippen MR) is 73.1 cm³/mol. The molecule has 0 fully saturated rings. The number of nitrogens with zero attached hydrogens (tertiary/aromatic N) is 1. The number of nitrogens with one attached hydrogen (secondary N) is 1. The molecule has 5 heteroatoms. The monoisotopic (exact) mass is 266 g/mol. The molecule has 1 heterocycles. The fourth-order valence-electron chi connectivity index (χ4n) is 1.37. The van der Waals surface area contributed by atoms with Gasteiger partial charge in [-0.1, -0.05) is 29.8 Å². The van der Waals surface area contributed by atoms with Crippen molar-refractivity contribution in [3.63, 3.8) is 0 Å². The summed E-state index contributed by atoms with van der Waals surface area (Å²) in [6.07, 6.45) is 0. The Morgan fingerprint density at radius 2 is 2.06 bits per heavy atom. The topological polar surface area (TPSA) is 41.5 Å². The molecule has 0 spiro atoms. The smallest absolute Gasteiger partial charge is 0.266 e. The van der Waals surface area contributed by atoms with Crippen LogP contribution in [0.5, 0.6) is 0 Å². The maximum Gasteiger partial charge on any atom is 0.283 e. The highest BCUT2D eigenvalue weighted by Crippen LogP contribution is 2.34. The second-order valence-electron chi connectivity index (χ2n) is 3.74. The van der Waals surface area contributed by atoms with Crippen LogP contribution in [0, 0.1) is 0 Å². The lowest BCUT2D eigenvalue weighted by molar-refractivity contribution is 0.0959. The second-order valence-corrected chi connectivity index (χ2v) is 5.17. The van der Waals surface area contributed by atoms with E-state index in [9.17, 15) is 4.79 Å². The van der Waals surface area contributed by atoms with E-state index >= 15 is 0 Å². The van der Waals surface area contributed by atoms with Crippen molar-refractivity contribution in [1.82, 2.24) is 5.43 Å². The summed E-state index contributed by atoms with van der Waals surface area (Å²) in [6.45, 7) is 3.62. The van der Waals surface area contributed by atoms with Gasteiger partial charge in [0.25, 0.3) is 5.91 Å². The number of hydrogen-bond acceptors (Lipinski definition) is 3. The van der Waals surface area contributed by atoms with Crippen LogP contribution in [0.2, 0.25) is 5.02 Å². The lowest BCUT2D eigenvalue weighted by Gasteiger charge is -1.97. The Labute approximate surface area is 108 Å². The summed E-state index contributed by atoms with van der Waals surface area (Å²) in [5.41, 5.74) is 3.26. The predicted octanol–water partition coefficient (Wildman–Crippen LogP) is 3.68. The third-order valence-corrected chi connectivity index (χ3v) is 3.80. The maximum atomic E-state index is 11.8. The lowest BCUT2D eigenvalue weighted by atomic mass is 10.2. The van der Waals surface area contributed by atoms with Crippen molar-refractivity contribution in [3.05, 3.63) is 34.2 Å². The van der Waals surface area contributed by atoms with Crippen LogP contribution in [-0.4, -0.2) is 11.6 Å². The van der Waals surface area contributed by atoms with Crippen molar-refractivity contribution in [2.24, 2.45) is 5.10 Å². The van der Waals surface area contributed by atoms with E-state index in [-0.39, 0.29) is 5.91 Å². The number of thiophene rings is 1. The van der Waals surface area contributed by atoms with Gasteiger partial charge < -0.3 is 0 Å². The van der Waals surface area contributed by atoms with E-state index in [1.165, 1.54) is 11.3 Å². The van der Waals surface area contributed by atoms with E-state index < -0.39 is 0 Å². The van der Waals surface area contributed by atoms with Crippen LogP contribution in [0.1, 0.15) is 23.5 Å². The summed E-state index contributed by atoms with van der Waals surface area (Å²) in [5, 5.41) is 5.27. The first-order valence-corrected chi connectivity index (χ1v) is 6.27. The van der Waals surface area contributed by atoms with Gasteiger partial charge in [0.1, 0.15) is 4.88 Å². The number of rotatable bonds is 2. The van der Waals surface area contributed by atoms with E-state index in [0.717, 1.165) is 15.8 Å². The minimum Gasteiger partial charge on any atom is -0.266 e. The normalized spacial score (nSPS) is 10.3. The summed E-state index contributed by atoms with van der Waals surface area (Å²) in [6, 6.07) is 7.67. The average Bonchev–Trinajstić information content (AvgIpc) is 2.64. The van der Waals surface area contributed by atoms with Gasteiger partial charge in [-0.15, -0.1) is 11.3 Å². The van der Waals surface area contributed by atoms with Crippen LogP contribution >= 0.6 is 22.9 Å². The zero-order chi connectivity index (χ0) is 12.4. The van der Waals surface area contributed by atoms with E-state index in [1.807, 2.05) is 38.1 Å². The number of halogens is 1. The molecular weight excluding hydrogens is 256 g/mol. The molecule has 1 aromatic heterocycles. The molecule has 0 radical (unpaired) electrons. The molecule has 88 valence electrons. The fourth-order valence-corrected chi connectivity index (χ4v) is 2.78. The van der Waals surface area contributed by atoms with Gasteiger partial charge in [0.15, 0.2) is 0 Å². The Morgan fingerprint density at radius 1 is 1.35 bits per heavy atom. The molecule has 0 bridgehead atoms. The van der Waals surface area contributed by atoms with Crippen LogP contribution in [0.25, 0.3) is 10.1 Å². The molecule has 2 aromatic rings. The number of amides is 1. The number of hydrogen-bond donors (Lipinski definition) is 1. The lowest BCUT2D eigenvalue weighted by Crippen LogP contribution is -2.17. The number of hydrazone groups is 1. The summed E-state index contributed by atoms with van der Waals surface area (Å²) >= 11 is 7.54. The van der Waals surface area contributed by atoms with Crippen LogP contribution in [0.4, 0.5) is 0 Å². The van der Waals surface area contributed by atoms with Crippen molar-refractivity contribution >= 4 is 44.6 Å². The highest BCUT2D eigenvalue weighted by Gasteiger charge is 2.16. The van der Waals surface area contributed by atoms with Crippen molar-refractivity contribution in [1.29, 1.82) is 0 Å². The van der Waals surface area contributed by atoms with Gasteiger partial charge in [-0.3, -0.25) is 4.79 Å². The van der Waals surface area contributed by atoms with Gasteiger partial charge in [-0.2, -0.15) is 5.10 Å². The molecule has 3 nitrogen and oxygen atoms in total. The molecule has 0 saturated carbocycles. The average molecular weight is 267 g/mol. The van der Waals surface area contributed by atoms with Crippen molar-refractivity contribution in [2.45, 2.75) is 13.8 Å². The van der Waals surface area contributed by atoms with Crippen molar-refractivity contribution in [2.75, 3.05) is 0 Å². The number of fused-ring (bicyclic) bond motifs is 1. The first-order chi connectivity index (χ1) is 8.09. The number of benzene rings is 1. The Bertz CT molecular complexity index is 600. The zero-order valence-electron chi connectivity index (χ0n) is 9.45. The van der Waals surface area contributed by atoms with Gasteiger partial charge in [-0.05, 0) is 19.9 Å². The minimum atomic E-state index is -0.266. The summed E-state index contributed by atoms with van der Waals surface area (Å²) in [5.74, 6) is -0.266. The molecule has 1 amide bonds. The Morgan fingerprint density at radius 3 is 2.71 bits per heavy atom. The standard InChI is InChI=1S/C12H11ClN2OS/c1-7(2)14-15-12(16)11-10(13)8-5-3-4-6-9(8)17-11/h3-6H,1-2H3,(H,15,16). The molecule has 17 heavy (non-hydrogen) atoms. The SMILES string of the molecule is CC(C)=NNC(=O)c1sc2ccccc2c1Cl. The Balaban J connectivity index is 2.39. The van der Waals surface area contributed by atoms with Crippen LogP contribution in [-0.2, 0) is 0 Å². The fraction of sp³-hybridized carbons (Fsp3) is 0.167. The summed E-state index contributed by atoms with van der Waals surface area (Å²) in [4.78, 5) is 12.3. The van der Waals surface area contributed by atoms with Gasteiger partial charge >= 0.3 is 0 Å². The van der Waals surface area contributed by atoms with Crippen LogP contribution < -0.4 is 5.43 Å². The molecule has 0 aliphatic carbocycles. The number of carbonyl (C=O) groups is 1. The van der Waals surface area contributed by atoms with E-state index in [4.69, 9.17) is 11.6 Å². The molecule has 0 aliphatic heterocycles. The third kappa shape index (κ3) is 2.48. The zero-order valence-corrected chi connectivity index (χ0v) is 11.0. The molecule has 0 saturated heterocycles. The second kappa shape index (κ2) is 4.85. The summed E-state index contributed by atoms with van der Waals surface area (Å²) in [7, 11) is 0. The highest BCUT2D eigenvalue weighted by atomic mass is 35.5. The first-order valence-electron chi connectivity index (χ1n) is 5.08. The molecule has 2 rings (SSSR count). The van der Waals surface area contributed by atoms with E-state index in [1.54, 1.807) is 0 Å². The Kier molecular flexibility index (Phi) is 3.45. The van der Waals surface area contributed by atoms with Gasteiger partial charge in [0, 0.05) is 15.8 Å². The minimum absolute atomic E-state index is 0.266. The molecule has 0 unspecified atom stereocenters. The van der Waals surface area contributed by atoms with Crippen molar-refractivity contribution in [3.8, 4) is 0 Å². The number of carbonyl (C=O) groups excluding carboxylic acids is 1. The molecular formula is C12H11ClN2OS. The van der Waals surface area contributed by atoms with E-state index in [2.05, 4.69) is 10.5 Å².